The SMILES string of the molecule is COc1ccc(Cc2nn(CN3CCN(CC(=O)NC4CC4)CC3)c(=S)o2)cc1. The number of aromatic nitrogens is 2. The van der Waals surface area contributed by atoms with Crippen LogP contribution in [0.2, 0.25) is 0 Å². The molecule has 29 heavy (non-hydrogen) atoms. The van der Waals surface area contributed by atoms with Crippen LogP contribution in [-0.2, 0) is 17.9 Å². The molecule has 4 rings (SSSR count). The fourth-order valence-corrected chi connectivity index (χ4v) is 3.61. The lowest BCUT2D eigenvalue weighted by Gasteiger charge is -2.33. The minimum atomic E-state index is 0.142. The van der Waals surface area contributed by atoms with Crippen molar-refractivity contribution >= 4 is 18.1 Å². The van der Waals surface area contributed by atoms with Gasteiger partial charge in [-0.05, 0) is 42.8 Å². The van der Waals surface area contributed by atoms with E-state index in [0.717, 1.165) is 50.3 Å². The number of carbonyl (C=O) groups excluding carboxylic acids is 1. The first-order chi connectivity index (χ1) is 14.1. The molecule has 2 fully saturated rings. The Bertz CT molecular complexity index is 882. The van der Waals surface area contributed by atoms with Gasteiger partial charge in [0.25, 0.3) is 4.84 Å². The number of hydrogen-bond acceptors (Lipinski definition) is 7. The molecule has 0 atom stereocenters. The Hall–Kier alpha value is -2.23. The van der Waals surface area contributed by atoms with E-state index >= 15 is 0 Å². The molecule has 1 aromatic carbocycles. The molecular formula is C20H27N5O3S. The van der Waals surface area contributed by atoms with Crippen LogP contribution in [0.3, 0.4) is 0 Å². The van der Waals surface area contributed by atoms with Crippen molar-refractivity contribution in [3.05, 3.63) is 40.6 Å². The van der Waals surface area contributed by atoms with E-state index in [-0.39, 0.29) is 5.91 Å². The largest absolute Gasteiger partial charge is 0.497 e. The van der Waals surface area contributed by atoms with Gasteiger partial charge in [0.2, 0.25) is 11.8 Å². The molecule has 0 spiro atoms. The summed E-state index contributed by atoms with van der Waals surface area (Å²) in [5.41, 5.74) is 1.09. The summed E-state index contributed by atoms with van der Waals surface area (Å²) >= 11 is 5.35. The standard InChI is InChI=1S/C20H27N5O3S/c1-27-17-6-2-15(3-7-17)12-19-22-25(20(29)28-19)14-24-10-8-23(9-11-24)13-18(26)21-16-4-5-16/h2-3,6-7,16H,4-5,8-14H2,1H3,(H,21,26). The topological polar surface area (TPSA) is 75.8 Å². The fourth-order valence-electron chi connectivity index (χ4n) is 3.41. The van der Waals surface area contributed by atoms with Gasteiger partial charge in [0, 0.05) is 32.2 Å². The maximum atomic E-state index is 12.0. The number of amides is 1. The summed E-state index contributed by atoms with van der Waals surface area (Å²) in [6, 6.07) is 8.26. The summed E-state index contributed by atoms with van der Waals surface area (Å²) in [6.07, 6.45) is 2.83. The van der Waals surface area contributed by atoms with Gasteiger partial charge in [0.15, 0.2) is 0 Å². The number of piperazine rings is 1. The third-order valence-electron chi connectivity index (χ3n) is 5.27. The van der Waals surface area contributed by atoms with Crippen molar-refractivity contribution in [2.24, 2.45) is 0 Å². The van der Waals surface area contributed by atoms with Crippen LogP contribution in [-0.4, -0.2) is 71.4 Å². The number of nitrogens with zero attached hydrogens (tertiary/aromatic N) is 4. The van der Waals surface area contributed by atoms with Crippen LogP contribution in [0.5, 0.6) is 5.75 Å². The van der Waals surface area contributed by atoms with Crippen LogP contribution in [0.15, 0.2) is 28.7 Å². The first-order valence-electron chi connectivity index (χ1n) is 10.0. The summed E-state index contributed by atoms with van der Waals surface area (Å²) in [5, 5.41) is 7.59. The number of benzene rings is 1. The molecule has 2 aromatic rings. The molecule has 2 heterocycles. The summed E-state index contributed by atoms with van der Waals surface area (Å²) in [4.78, 5) is 16.8. The van der Waals surface area contributed by atoms with Gasteiger partial charge in [0.05, 0.1) is 26.7 Å². The molecule has 0 bridgehead atoms. The maximum absolute atomic E-state index is 12.0. The number of hydrogen-bond donors (Lipinski definition) is 1. The van der Waals surface area contributed by atoms with Crippen molar-refractivity contribution in [1.82, 2.24) is 24.9 Å². The van der Waals surface area contributed by atoms with E-state index < -0.39 is 0 Å². The predicted molar refractivity (Wildman–Crippen MR) is 110 cm³/mol. The molecule has 1 aliphatic carbocycles. The number of methoxy groups -OCH3 is 1. The highest BCUT2D eigenvalue weighted by Crippen LogP contribution is 2.18. The molecule has 8 nitrogen and oxygen atoms in total. The van der Waals surface area contributed by atoms with Crippen LogP contribution >= 0.6 is 12.2 Å². The quantitative estimate of drug-likeness (QED) is 0.655. The lowest BCUT2D eigenvalue weighted by atomic mass is 10.1. The summed E-state index contributed by atoms with van der Waals surface area (Å²) in [5.74, 6) is 1.57. The second kappa shape index (κ2) is 9.06. The molecule has 1 aromatic heterocycles. The van der Waals surface area contributed by atoms with Gasteiger partial charge in [-0.3, -0.25) is 14.6 Å². The van der Waals surface area contributed by atoms with Crippen molar-refractivity contribution in [3.8, 4) is 5.75 Å². The molecular weight excluding hydrogens is 390 g/mol. The highest BCUT2D eigenvalue weighted by molar-refractivity contribution is 7.71. The third kappa shape index (κ3) is 5.65. The zero-order valence-corrected chi connectivity index (χ0v) is 17.5. The van der Waals surface area contributed by atoms with Crippen molar-refractivity contribution in [2.75, 3.05) is 39.8 Å². The Kier molecular flexibility index (Phi) is 6.27. The first kappa shape index (κ1) is 20.1. The van der Waals surface area contributed by atoms with Gasteiger partial charge in [-0.25, -0.2) is 4.68 Å². The predicted octanol–water partition coefficient (Wildman–Crippen LogP) is 1.66. The van der Waals surface area contributed by atoms with Crippen LogP contribution in [0.25, 0.3) is 0 Å². The average molecular weight is 418 g/mol. The Morgan fingerprint density at radius 2 is 1.90 bits per heavy atom. The lowest BCUT2D eigenvalue weighted by molar-refractivity contribution is -0.122. The molecule has 1 N–H and O–H groups in total. The molecule has 1 saturated heterocycles. The molecule has 1 aliphatic heterocycles. The number of nitrogens with one attached hydrogen (secondary N) is 1. The Morgan fingerprint density at radius 1 is 1.21 bits per heavy atom. The monoisotopic (exact) mass is 417 g/mol. The summed E-state index contributed by atoms with van der Waals surface area (Å²) in [7, 11) is 1.65. The van der Waals surface area contributed by atoms with Gasteiger partial charge in [-0.1, -0.05) is 12.1 Å². The van der Waals surface area contributed by atoms with Gasteiger partial charge in [-0.2, -0.15) is 0 Å². The van der Waals surface area contributed by atoms with E-state index in [2.05, 4.69) is 20.2 Å². The number of carbonyl (C=O) groups is 1. The zero-order valence-electron chi connectivity index (χ0n) is 16.7. The maximum Gasteiger partial charge on any atom is 0.288 e. The smallest absolute Gasteiger partial charge is 0.288 e. The Morgan fingerprint density at radius 3 is 2.55 bits per heavy atom. The van der Waals surface area contributed by atoms with Crippen molar-refractivity contribution in [3.63, 3.8) is 0 Å². The minimum Gasteiger partial charge on any atom is -0.497 e. The van der Waals surface area contributed by atoms with E-state index in [9.17, 15) is 4.79 Å². The van der Waals surface area contributed by atoms with Crippen molar-refractivity contribution in [1.29, 1.82) is 0 Å². The molecule has 156 valence electrons. The second-order valence-electron chi connectivity index (χ2n) is 7.66. The molecule has 9 heteroatoms. The van der Waals surface area contributed by atoms with E-state index in [1.165, 1.54) is 0 Å². The second-order valence-corrected chi connectivity index (χ2v) is 8.01. The summed E-state index contributed by atoms with van der Waals surface area (Å²) < 4.78 is 12.6. The highest BCUT2D eigenvalue weighted by atomic mass is 32.1. The van der Waals surface area contributed by atoms with E-state index in [4.69, 9.17) is 21.4 Å². The molecule has 1 amide bonds. The molecule has 1 saturated carbocycles. The van der Waals surface area contributed by atoms with E-state index in [1.54, 1.807) is 11.8 Å². The molecule has 2 aliphatic rings. The average Bonchev–Trinajstić information content (AvgIpc) is 3.46. The minimum absolute atomic E-state index is 0.142. The third-order valence-corrected chi connectivity index (χ3v) is 5.57. The lowest BCUT2D eigenvalue weighted by Crippen LogP contribution is -2.49. The van der Waals surface area contributed by atoms with Gasteiger partial charge < -0.3 is 14.5 Å². The highest BCUT2D eigenvalue weighted by Gasteiger charge is 2.25. The zero-order chi connectivity index (χ0) is 20.2. The van der Waals surface area contributed by atoms with Crippen LogP contribution in [0.4, 0.5) is 0 Å². The number of ether oxygens (including phenoxy) is 1. The Balaban J connectivity index is 1.26. The van der Waals surface area contributed by atoms with Crippen LogP contribution in [0.1, 0.15) is 24.3 Å². The van der Waals surface area contributed by atoms with E-state index in [1.807, 2.05) is 24.3 Å². The fraction of sp³-hybridized carbons (Fsp3) is 0.550. The van der Waals surface area contributed by atoms with Crippen LogP contribution < -0.4 is 10.1 Å². The Labute approximate surface area is 175 Å². The molecule has 0 unspecified atom stereocenters. The van der Waals surface area contributed by atoms with Gasteiger partial charge >= 0.3 is 0 Å². The molecule has 0 radical (unpaired) electrons. The van der Waals surface area contributed by atoms with Crippen molar-refractivity contribution < 1.29 is 13.9 Å². The van der Waals surface area contributed by atoms with Gasteiger partial charge in [0.1, 0.15) is 5.75 Å². The van der Waals surface area contributed by atoms with Gasteiger partial charge in [-0.15, -0.1) is 5.10 Å². The normalized spacial score (nSPS) is 18.0. The first-order valence-corrected chi connectivity index (χ1v) is 10.4. The summed E-state index contributed by atoms with van der Waals surface area (Å²) in [6.45, 7) is 4.56. The van der Waals surface area contributed by atoms with Crippen LogP contribution in [0, 0.1) is 4.84 Å². The van der Waals surface area contributed by atoms with E-state index in [0.29, 0.717) is 36.4 Å². The van der Waals surface area contributed by atoms with Crippen molar-refractivity contribution in [2.45, 2.75) is 32.0 Å². The number of rotatable bonds is 8.